The maximum Gasteiger partial charge on any atom is 0.305 e. The molecule has 0 aliphatic carbocycles. The van der Waals surface area contributed by atoms with Gasteiger partial charge in [-0.1, -0.05) is 127 Å². The molecule has 0 bridgehead atoms. The number of hydrogen-bond donors (Lipinski definition) is 0. The van der Waals surface area contributed by atoms with Crippen molar-refractivity contribution >= 4 is 111 Å². The topological polar surface area (TPSA) is 59.1 Å². The number of methoxy groups -OCH3 is 2. The summed E-state index contributed by atoms with van der Waals surface area (Å²) in [5, 5.41) is 14.6. The van der Waals surface area contributed by atoms with Crippen LogP contribution < -0.4 is 9.80 Å². The molecule has 0 spiro atoms. The molecule has 0 atom stereocenters. The molecule has 0 aliphatic heterocycles. The van der Waals surface area contributed by atoms with E-state index in [0.717, 1.165) is 56.0 Å². The molecule has 0 aromatic heterocycles. The van der Waals surface area contributed by atoms with Crippen LogP contribution in [0.15, 0.2) is 182 Å². The first-order chi connectivity index (χ1) is 31.4. The maximum absolute atomic E-state index is 12.1. The molecule has 6 heteroatoms. The molecule has 11 rings (SSSR count). The van der Waals surface area contributed by atoms with E-state index >= 15 is 0 Å². The molecule has 0 aliphatic rings. The van der Waals surface area contributed by atoms with E-state index in [9.17, 15) is 9.59 Å². The van der Waals surface area contributed by atoms with Crippen LogP contribution in [0.3, 0.4) is 0 Å². The summed E-state index contributed by atoms with van der Waals surface area (Å²) in [4.78, 5) is 28.9. The standard InChI is InChI=1S/C58H44N2O4/c1-63-53(61)34-16-37-12-26-45(27-13-37)59(51-32-24-43-20-18-39-6-3-8-41-22-30-49(51)57(43)55(39)41)47-10-5-11-48(36-47)60(46-28-14-38(15-29-46)17-35-54(62)64-2)52-33-25-44-21-19-40-7-4-9-42-23-31-50(52)58(44)56(40)42/h3-15,18-33,36H,16-17,34-35H2,1-2H3. The van der Waals surface area contributed by atoms with Crippen molar-refractivity contribution in [2.75, 3.05) is 24.0 Å². The summed E-state index contributed by atoms with van der Waals surface area (Å²) in [6, 6.07) is 65.8. The van der Waals surface area contributed by atoms with E-state index in [1.54, 1.807) is 0 Å². The van der Waals surface area contributed by atoms with Crippen LogP contribution in [0.4, 0.5) is 34.1 Å². The van der Waals surface area contributed by atoms with Gasteiger partial charge in [-0.2, -0.15) is 0 Å². The Balaban J connectivity index is 1.11. The molecule has 0 saturated heterocycles. The van der Waals surface area contributed by atoms with Crippen molar-refractivity contribution in [3.63, 3.8) is 0 Å². The summed E-state index contributed by atoms with van der Waals surface area (Å²) in [7, 11) is 2.87. The van der Waals surface area contributed by atoms with Crippen molar-refractivity contribution in [3.8, 4) is 0 Å². The molecular formula is C58H44N2O4. The fraction of sp³-hybridized carbons (Fsp3) is 0.103. The second-order valence-electron chi connectivity index (χ2n) is 16.6. The van der Waals surface area contributed by atoms with Crippen molar-refractivity contribution in [3.05, 3.63) is 193 Å². The number of esters is 2. The molecule has 0 amide bonds. The van der Waals surface area contributed by atoms with Gasteiger partial charge in [-0.25, -0.2) is 0 Å². The second-order valence-corrected chi connectivity index (χ2v) is 16.6. The van der Waals surface area contributed by atoms with E-state index in [4.69, 9.17) is 9.47 Å². The molecule has 0 radical (unpaired) electrons. The first kappa shape index (κ1) is 38.9. The molecular weight excluding hydrogens is 789 g/mol. The number of nitrogens with zero attached hydrogens (tertiary/aromatic N) is 2. The Morgan fingerprint density at radius 3 is 1.11 bits per heavy atom. The minimum atomic E-state index is -0.221. The highest BCUT2D eigenvalue weighted by Gasteiger charge is 2.23. The van der Waals surface area contributed by atoms with Gasteiger partial charge in [0.15, 0.2) is 0 Å². The maximum atomic E-state index is 12.1. The van der Waals surface area contributed by atoms with Crippen LogP contribution in [0.2, 0.25) is 0 Å². The average molecular weight is 833 g/mol. The Labute approximate surface area is 371 Å². The van der Waals surface area contributed by atoms with Crippen LogP contribution in [0.1, 0.15) is 24.0 Å². The Morgan fingerprint density at radius 1 is 0.375 bits per heavy atom. The molecule has 310 valence electrons. The van der Waals surface area contributed by atoms with Gasteiger partial charge in [0.05, 0.1) is 25.6 Å². The number of benzene rings is 11. The van der Waals surface area contributed by atoms with E-state index in [1.165, 1.54) is 68.1 Å². The Kier molecular flexibility index (Phi) is 9.77. The first-order valence-corrected chi connectivity index (χ1v) is 21.8. The van der Waals surface area contributed by atoms with E-state index in [1.807, 2.05) is 0 Å². The predicted octanol–water partition coefficient (Wildman–Crippen LogP) is 14.6. The van der Waals surface area contributed by atoms with Gasteiger partial charge in [0.25, 0.3) is 0 Å². The molecule has 6 nitrogen and oxygen atoms in total. The minimum Gasteiger partial charge on any atom is -0.469 e. The summed E-state index contributed by atoms with van der Waals surface area (Å²) >= 11 is 0. The fourth-order valence-electron chi connectivity index (χ4n) is 9.78. The lowest BCUT2D eigenvalue weighted by Gasteiger charge is -2.31. The number of aryl methyl sites for hydroxylation is 2. The van der Waals surface area contributed by atoms with Crippen molar-refractivity contribution in [2.45, 2.75) is 25.7 Å². The molecule has 0 unspecified atom stereocenters. The number of hydrogen-bond acceptors (Lipinski definition) is 6. The van der Waals surface area contributed by atoms with Gasteiger partial charge in [0, 0.05) is 46.4 Å². The van der Waals surface area contributed by atoms with Gasteiger partial charge in [0.2, 0.25) is 0 Å². The van der Waals surface area contributed by atoms with Gasteiger partial charge in [-0.3, -0.25) is 9.59 Å². The normalized spacial score (nSPS) is 11.7. The lowest BCUT2D eigenvalue weighted by molar-refractivity contribution is -0.141. The molecule has 0 N–H and O–H groups in total. The Bertz CT molecular complexity index is 3260. The number of rotatable bonds is 12. The van der Waals surface area contributed by atoms with E-state index in [0.29, 0.717) is 25.7 Å². The molecule has 0 heterocycles. The van der Waals surface area contributed by atoms with E-state index < -0.39 is 0 Å². The van der Waals surface area contributed by atoms with Crippen molar-refractivity contribution in [1.82, 2.24) is 0 Å². The monoisotopic (exact) mass is 832 g/mol. The van der Waals surface area contributed by atoms with Crippen LogP contribution >= 0.6 is 0 Å². The van der Waals surface area contributed by atoms with Crippen LogP contribution in [0, 0.1) is 0 Å². The summed E-state index contributed by atoms with van der Waals surface area (Å²) in [5.41, 5.74) is 8.24. The Hall–Kier alpha value is -7.96. The highest BCUT2D eigenvalue weighted by molar-refractivity contribution is 6.27. The second kappa shape index (κ2) is 16.1. The third kappa shape index (κ3) is 6.75. The quantitative estimate of drug-likeness (QED) is 0.0903. The third-order valence-corrected chi connectivity index (χ3v) is 12.9. The van der Waals surface area contributed by atoms with E-state index in [-0.39, 0.29) is 11.9 Å². The van der Waals surface area contributed by atoms with Gasteiger partial charge in [0.1, 0.15) is 0 Å². The van der Waals surface area contributed by atoms with Crippen LogP contribution in [-0.4, -0.2) is 26.2 Å². The van der Waals surface area contributed by atoms with Gasteiger partial charge in [-0.05, 0) is 132 Å². The zero-order valence-electron chi connectivity index (χ0n) is 35.7. The highest BCUT2D eigenvalue weighted by Crippen LogP contribution is 2.48. The largest absolute Gasteiger partial charge is 0.469 e. The van der Waals surface area contributed by atoms with Crippen molar-refractivity contribution < 1.29 is 19.1 Å². The van der Waals surface area contributed by atoms with Crippen LogP contribution in [0.5, 0.6) is 0 Å². The molecule has 0 fully saturated rings. The van der Waals surface area contributed by atoms with Gasteiger partial charge >= 0.3 is 11.9 Å². The minimum absolute atomic E-state index is 0.221. The van der Waals surface area contributed by atoms with Crippen molar-refractivity contribution in [2.24, 2.45) is 0 Å². The first-order valence-electron chi connectivity index (χ1n) is 21.8. The summed E-state index contributed by atoms with van der Waals surface area (Å²) in [6.07, 6.45) is 1.83. The molecule has 11 aromatic carbocycles. The zero-order chi connectivity index (χ0) is 43.3. The van der Waals surface area contributed by atoms with Crippen LogP contribution in [-0.2, 0) is 31.9 Å². The molecule has 64 heavy (non-hydrogen) atoms. The lowest BCUT2D eigenvalue weighted by atomic mass is 9.93. The summed E-state index contributed by atoms with van der Waals surface area (Å²) < 4.78 is 9.90. The van der Waals surface area contributed by atoms with Gasteiger partial charge in [-0.15, -0.1) is 0 Å². The number of anilines is 6. The van der Waals surface area contributed by atoms with Crippen LogP contribution in [0.25, 0.3) is 64.6 Å². The van der Waals surface area contributed by atoms with E-state index in [2.05, 4.69) is 192 Å². The number of carbonyl (C=O) groups is 2. The van der Waals surface area contributed by atoms with Crippen molar-refractivity contribution in [1.29, 1.82) is 0 Å². The average Bonchev–Trinajstić information content (AvgIpc) is 3.35. The lowest BCUT2D eigenvalue weighted by Crippen LogP contribution is -2.14. The number of carbonyl (C=O) groups excluding carboxylic acids is 2. The number of ether oxygens (including phenoxy) is 2. The predicted molar refractivity (Wildman–Crippen MR) is 264 cm³/mol. The SMILES string of the molecule is COC(=O)CCc1ccc(N(c2cccc(N(c3ccc(CCC(=O)OC)cc3)c3ccc4ccc5cccc6ccc3c4c56)c2)c2ccc3ccc4cccc5ccc2c3c45)cc1. The third-order valence-electron chi connectivity index (χ3n) is 12.9. The zero-order valence-corrected chi connectivity index (χ0v) is 35.7. The molecule has 0 saturated carbocycles. The summed E-state index contributed by atoms with van der Waals surface area (Å²) in [6.45, 7) is 0. The fourth-order valence-corrected chi connectivity index (χ4v) is 9.78. The highest BCUT2D eigenvalue weighted by atomic mass is 16.5. The Morgan fingerprint density at radius 2 is 0.719 bits per heavy atom. The molecule has 11 aromatic rings. The summed E-state index contributed by atoms with van der Waals surface area (Å²) in [5.74, 6) is -0.442. The smallest absolute Gasteiger partial charge is 0.305 e. The van der Waals surface area contributed by atoms with Gasteiger partial charge < -0.3 is 19.3 Å².